The van der Waals surface area contributed by atoms with Crippen LogP contribution in [-0.2, 0) is 22.3 Å². The van der Waals surface area contributed by atoms with Crippen molar-refractivity contribution in [3.05, 3.63) is 18.1 Å². The quantitative estimate of drug-likeness (QED) is 0.759. The van der Waals surface area contributed by atoms with Gasteiger partial charge in [0.2, 0.25) is 0 Å². The van der Waals surface area contributed by atoms with Gasteiger partial charge in [0, 0.05) is 43.8 Å². The van der Waals surface area contributed by atoms with E-state index in [9.17, 15) is 0 Å². The number of imidazole rings is 1. The fourth-order valence-electron chi connectivity index (χ4n) is 4.23. The summed E-state index contributed by atoms with van der Waals surface area (Å²) in [5, 5.41) is 0. The SMILES string of the molecule is CCCC(C)N1CCc2nc3cc(B4OC(C)(C)C(C)(C)O4)cnc3n2CC1. The fraction of sp³-hybridized carbons (Fsp3) is 0.714. The number of hydrogen-bond donors (Lipinski definition) is 0. The molecule has 0 saturated carbocycles. The van der Waals surface area contributed by atoms with Gasteiger partial charge in [-0.2, -0.15) is 0 Å². The molecule has 7 heteroatoms. The number of hydrogen-bond acceptors (Lipinski definition) is 5. The zero-order chi connectivity index (χ0) is 20.1. The molecule has 0 N–H and O–H groups in total. The highest BCUT2D eigenvalue weighted by atomic mass is 16.7. The first-order valence-corrected chi connectivity index (χ1v) is 10.7. The topological polar surface area (TPSA) is 52.4 Å². The summed E-state index contributed by atoms with van der Waals surface area (Å²) in [6.07, 6.45) is 5.34. The van der Waals surface area contributed by atoms with E-state index in [1.165, 1.54) is 12.8 Å². The van der Waals surface area contributed by atoms with E-state index in [4.69, 9.17) is 19.3 Å². The van der Waals surface area contributed by atoms with E-state index in [-0.39, 0.29) is 11.2 Å². The number of pyridine rings is 1. The second kappa shape index (κ2) is 7.11. The van der Waals surface area contributed by atoms with Crippen molar-refractivity contribution < 1.29 is 9.31 Å². The van der Waals surface area contributed by atoms with Crippen LogP contribution in [0.2, 0.25) is 0 Å². The molecule has 1 atom stereocenters. The predicted octanol–water partition coefficient (Wildman–Crippen LogP) is 2.78. The zero-order valence-corrected chi connectivity index (χ0v) is 18.2. The van der Waals surface area contributed by atoms with Gasteiger partial charge in [0.25, 0.3) is 0 Å². The molecule has 0 aromatic carbocycles. The van der Waals surface area contributed by atoms with E-state index >= 15 is 0 Å². The van der Waals surface area contributed by atoms with Crippen LogP contribution in [0, 0.1) is 0 Å². The van der Waals surface area contributed by atoms with Crippen LogP contribution in [0.1, 0.15) is 60.2 Å². The molecule has 2 aromatic rings. The summed E-state index contributed by atoms with van der Waals surface area (Å²) >= 11 is 0. The number of rotatable bonds is 4. The molecule has 4 heterocycles. The maximum atomic E-state index is 6.18. The third-order valence-electron chi connectivity index (χ3n) is 6.77. The van der Waals surface area contributed by atoms with Crippen molar-refractivity contribution in [1.82, 2.24) is 19.4 Å². The van der Waals surface area contributed by atoms with Gasteiger partial charge in [0.15, 0.2) is 5.65 Å². The van der Waals surface area contributed by atoms with Crippen LogP contribution in [-0.4, -0.2) is 56.9 Å². The van der Waals surface area contributed by atoms with Crippen LogP contribution >= 0.6 is 0 Å². The fourth-order valence-corrected chi connectivity index (χ4v) is 4.23. The molecule has 0 radical (unpaired) electrons. The molecule has 0 amide bonds. The monoisotopic (exact) mass is 384 g/mol. The molecule has 1 saturated heterocycles. The Bertz CT molecular complexity index is 847. The van der Waals surface area contributed by atoms with Crippen LogP contribution in [0.15, 0.2) is 12.3 Å². The molecule has 4 rings (SSSR count). The summed E-state index contributed by atoms with van der Waals surface area (Å²) in [6.45, 7) is 16.0. The second-order valence-electron chi connectivity index (χ2n) is 9.30. The first-order valence-electron chi connectivity index (χ1n) is 10.7. The van der Waals surface area contributed by atoms with Gasteiger partial charge in [-0.1, -0.05) is 13.3 Å². The van der Waals surface area contributed by atoms with Crippen molar-refractivity contribution in [3.63, 3.8) is 0 Å². The van der Waals surface area contributed by atoms with Crippen LogP contribution in [0.25, 0.3) is 11.2 Å². The van der Waals surface area contributed by atoms with E-state index in [0.29, 0.717) is 6.04 Å². The Balaban J connectivity index is 1.57. The van der Waals surface area contributed by atoms with Crippen LogP contribution in [0.4, 0.5) is 0 Å². The minimum atomic E-state index is -0.395. The molecule has 1 unspecified atom stereocenters. The largest absolute Gasteiger partial charge is 0.496 e. The molecular weight excluding hydrogens is 351 g/mol. The van der Waals surface area contributed by atoms with Crippen LogP contribution in [0.5, 0.6) is 0 Å². The third kappa shape index (κ3) is 3.38. The maximum absolute atomic E-state index is 6.18. The van der Waals surface area contributed by atoms with Crippen molar-refractivity contribution in [2.75, 3.05) is 13.1 Å². The number of aromatic nitrogens is 3. The third-order valence-corrected chi connectivity index (χ3v) is 6.77. The van der Waals surface area contributed by atoms with Gasteiger partial charge >= 0.3 is 7.12 Å². The first-order chi connectivity index (χ1) is 13.2. The van der Waals surface area contributed by atoms with Crippen molar-refractivity contribution in [3.8, 4) is 0 Å². The number of fused-ring (bicyclic) bond motifs is 3. The molecule has 6 nitrogen and oxygen atoms in total. The Morgan fingerprint density at radius 2 is 1.86 bits per heavy atom. The molecule has 1 fully saturated rings. The maximum Gasteiger partial charge on any atom is 0.496 e. The summed E-state index contributed by atoms with van der Waals surface area (Å²) in [7, 11) is -0.395. The Morgan fingerprint density at radius 1 is 1.14 bits per heavy atom. The molecule has 0 aliphatic carbocycles. The normalized spacial score (nSPS) is 23.0. The Morgan fingerprint density at radius 3 is 2.54 bits per heavy atom. The van der Waals surface area contributed by atoms with Crippen molar-refractivity contribution in [1.29, 1.82) is 0 Å². The van der Waals surface area contributed by atoms with Gasteiger partial charge in [0.05, 0.1) is 11.2 Å². The average Bonchev–Trinajstić information content (AvgIpc) is 2.97. The Kier molecular flexibility index (Phi) is 5.05. The highest BCUT2D eigenvalue weighted by molar-refractivity contribution is 6.62. The predicted molar refractivity (Wildman–Crippen MR) is 113 cm³/mol. The second-order valence-corrected chi connectivity index (χ2v) is 9.30. The number of nitrogens with zero attached hydrogens (tertiary/aromatic N) is 4. The van der Waals surface area contributed by atoms with Gasteiger partial charge in [0.1, 0.15) is 11.3 Å². The summed E-state index contributed by atoms with van der Waals surface area (Å²) in [4.78, 5) is 12.3. The van der Waals surface area contributed by atoms with Crippen molar-refractivity contribution >= 4 is 23.7 Å². The van der Waals surface area contributed by atoms with Gasteiger partial charge in [-0.25, -0.2) is 9.97 Å². The molecule has 2 aliphatic heterocycles. The van der Waals surface area contributed by atoms with Gasteiger partial charge in [-0.15, -0.1) is 0 Å². The molecule has 2 aliphatic rings. The molecule has 28 heavy (non-hydrogen) atoms. The van der Waals surface area contributed by atoms with Crippen molar-refractivity contribution in [2.45, 2.75) is 84.6 Å². The van der Waals surface area contributed by atoms with E-state index in [1.54, 1.807) is 0 Å². The molecular formula is C21H33BN4O2. The van der Waals surface area contributed by atoms with Gasteiger partial charge < -0.3 is 13.9 Å². The lowest BCUT2D eigenvalue weighted by molar-refractivity contribution is 0.00578. The lowest BCUT2D eigenvalue weighted by Crippen LogP contribution is -2.41. The summed E-state index contributed by atoms with van der Waals surface area (Å²) < 4.78 is 14.7. The zero-order valence-electron chi connectivity index (χ0n) is 18.2. The lowest BCUT2D eigenvalue weighted by Gasteiger charge is -2.32. The van der Waals surface area contributed by atoms with Gasteiger partial charge in [-0.3, -0.25) is 4.90 Å². The smallest absolute Gasteiger partial charge is 0.399 e. The standard InChI is InChI=1S/C21H33BN4O2/c1-7-8-15(2)25-10-9-18-24-17-13-16(14-23-19(17)26(18)12-11-25)22-27-20(3,4)21(5,6)28-22/h13-15H,7-12H2,1-6H3. The minimum Gasteiger partial charge on any atom is -0.399 e. The highest BCUT2D eigenvalue weighted by Crippen LogP contribution is 2.36. The van der Waals surface area contributed by atoms with Crippen LogP contribution < -0.4 is 5.46 Å². The molecule has 0 bridgehead atoms. The van der Waals surface area contributed by atoms with E-state index in [0.717, 1.165) is 48.5 Å². The molecule has 152 valence electrons. The summed E-state index contributed by atoms with van der Waals surface area (Å²) in [5.74, 6) is 1.14. The summed E-state index contributed by atoms with van der Waals surface area (Å²) in [5.41, 5.74) is 2.16. The van der Waals surface area contributed by atoms with E-state index in [2.05, 4.69) is 57.1 Å². The molecule has 0 spiro atoms. The Hall–Kier alpha value is -1.44. The highest BCUT2D eigenvalue weighted by Gasteiger charge is 2.51. The lowest BCUT2D eigenvalue weighted by atomic mass is 9.80. The van der Waals surface area contributed by atoms with Gasteiger partial charge in [-0.05, 0) is 47.1 Å². The van der Waals surface area contributed by atoms with Crippen LogP contribution in [0.3, 0.4) is 0 Å². The summed E-state index contributed by atoms with van der Waals surface area (Å²) in [6, 6.07) is 2.72. The molecule has 2 aromatic heterocycles. The van der Waals surface area contributed by atoms with E-state index < -0.39 is 7.12 Å². The van der Waals surface area contributed by atoms with Crippen molar-refractivity contribution in [2.24, 2.45) is 0 Å². The minimum absolute atomic E-state index is 0.351. The first kappa shape index (κ1) is 19.9. The average molecular weight is 384 g/mol. The Labute approximate surface area is 168 Å². The van der Waals surface area contributed by atoms with E-state index in [1.807, 2.05) is 6.20 Å².